The Hall–Kier alpha value is -2.14. The molecule has 0 aliphatic carbocycles. The zero-order chi connectivity index (χ0) is 26.3. The summed E-state index contributed by atoms with van der Waals surface area (Å²) in [5, 5.41) is 23.0. The fourth-order valence-corrected chi connectivity index (χ4v) is 6.00. The molecule has 2 N–H and O–H groups in total. The van der Waals surface area contributed by atoms with Gasteiger partial charge in [-0.2, -0.15) is 0 Å². The molecule has 0 amide bonds. The molecule has 3 rings (SSSR count). The summed E-state index contributed by atoms with van der Waals surface area (Å²) < 4.78 is 13.9. The number of ether oxygens (including phenoxy) is 2. The Morgan fingerprint density at radius 3 is 1.24 bits per heavy atom. The van der Waals surface area contributed by atoms with Gasteiger partial charge in [-0.3, -0.25) is 0 Å². The van der Waals surface area contributed by atoms with Crippen LogP contribution in [0, 0.1) is 0 Å². The average molecular weight is 529 g/mol. The number of fused-ring (bicyclic) bond motifs is 3. The summed E-state index contributed by atoms with van der Waals surface area (Å²) in [5.41, 5.74) is 0. The van der Waals surface area contributed by atoms with Crippen molar-refractivity contribution in [1.82, 2.24) is 0 Å². The minimum absolute atomic E-state index is 0.154. The van der Waals surface area contributed by atoms with Crippen LogP contribution in [0.25, 0.3) is 20.2 Å². The maximum absolute atomic E-state index is 10.6. The number of phenols is 2. The van der Waals surface area contributed by atoms with Crippen molar-refractivity contribution in [3.8, 4) is 23.0 Å². The van der Waals surface area contributed by atoms with E-state index in [1.54, 1.807) is 23.5 Å². The van der Waals surface area contributed by atoms with Crippen LogP contribution in [0.5, 0.6) is 23.0 Å². The lowest BCUT2D eigenvalue weighted by molar-refractivity contribution is 0.289. The molecule has 0 saturated heterocycles. The molecule has 5 heteroatoms. The number of thiophene rings is 1. The van der Waals surface area contributed by atoms with Crippen molar-refractivity contribution in [2.24, 2.45) is 0 Å². The molecule has 3 aromatic rings. The number of phenolic OH excluding ortho intramolecular Hbond substituents is 2. The van der Waals surface area contributed by atoms with Crippen LogP contribution in [-0.4, -0.2) is 23.4 Å². The first-order valence-electron chi connectivity index (χ1n) is 14.8. The lowest BCUT2D eigenvalue weighted by Gasteiger charge is -2.09. The molecule has 206 valence electrons. The molecule has 0 atom stereocenters. The van der Waals surface area contributed by atoms with Gasteiger partial charge in [-0.05, 0) is 25.0 Å². The zero-order valence-electron chi connectivity index (χ0n) is 23.2. The third kappa shape index (κ3) is 9.59. The number of benzene rings is 2. The highest BCUT2D eigenvalue weighted by molar-refractivity contribution is 7.25. The second-order valence-corrected chi connectivity index (χ2v) is 11.5. The van der Waals surface area contributed by atoms with E-state index in [9.17, 15) is 10.2 Å². The first-order valence-corrected chi connectivity index (χ1v) is 15.6. The predicted octanol–water partition coefficient (Wildman–Crippen LogP) is 10.5. The van der Waals surface area contributed by atoms with Gasteiger partial charge in [0.1, 0.15) is 0 Å². The van der Waals surface area contributed by atoms with Crippen LogP contribution in [-0.2, 0) is 0 Å². The molecule has 0 bridgehead atoms. The summed E-state index contributed by atoms with van der Waals surface area (Å²) >= 11 is 1.64. The highest BCUT2D eigenvalue weighted by Crippen LogP contribution is 2.44. The predicted molar refractivity (Wildman–Crippen MR) is 159 cm³/mol. The Bertz CT molecular complexity index is 976. The summed E-state index contributed by atoms with van der Waals surface area (Å²) in [7, 11) is 0. The van der Waals surface area contributed by atoms with Crippen LogP contribution < -0.4 is 9.47 Å². The van der Waals surface area contributed by atoms with Crippen molar-refractivity contribution < 1.29 is 19.7 Å². The Morgan fingerprint density at radius 2 is 0.865 bits per heavy atom. The normalized spacial score (nSPS) is 11.5. The van der Waals surface area contributed by atoms with E-state index in [-0.39, 0.29) is 11.5 Å². The van der Waals surface area contributed by atoms with Crippen LogP contribution in [0.4, 0.5) is 0 Å². The van der Waals surface area contributed by atoms with Crippen molar-refractivity contribution in [3.63, 3.8) is 0 Å². The molecular formula is C32H48O4S. The minimum Gasteiger partial charge on any atom is -0.504 e. The highest BCUT2D eigenvalue weighted by Gasteiger charge is 2.14. The summed E-state index contributed by atoms with van der Waals surface area (Å²) in [6.45, 7) is 5.74. The van der Waals surface area contributed by atoms with Gasteiger partial charge in [0.2, 0.25) is 0 Å². The van der Waals surface area contributed by atoms with Crippen molar-refractivity contribution in [1.29, 1.82) is 0 Å². The van der Waals surface area contributed by atoms with Gasteiger partial charge >= 0.3 is 0 Å². The van der Waals surface area contributed by atoms with Gasteiger partial charge in [-0.1, -0.05) is 104 Å². The monoisotopic (exact) mass is 528 g/mol. The van der Waals surface area contributed by atoms with Gasteiger partial charge in [0.15, 0.2) is 23.0 Å². The van der Waals surface area contributed by atoms with Crippen molar-refractivity contribution >= 4 is 31.5 Å². The molecule has 2 aromatic carbocycles. The third-order valence-electron chi connectivity index (χ3n) is 7.14. The molecule has 37 heavy (non-hydrogen) atoms. The minimum atomic E-state index is 0.154. The van der Waals surface area contributed by atoms with Gasteiger partial charge < -0.3 is 19.7 Å². The lowest BCUT2D eigenvalue weighted by atomic mass is 10.1. The standard InChI is InChI=1S/C32H48O4S/c1-3-5-7-9-11-13-15-17-19-35-29-23-31-25(21-27(29)33)26-22-28(34)30(24-32(26)37-31)36-20-18-16-14-12-10-8-6-4-2/h21-24,33-34H,3-20H2,1-2H3. The summed E-state index contributed by atoms with van der Waals surface area (Å²) in [6.07, 6.45) is 20.1. The Kier molecular flexibility index (Phi) is 13.2. The van der Waals surface area contributed by atoms with Gasteiger partial charge in [0.25, 0.3) is 0 Å². The summed E-state index contributed by atoms with van der Waals surface area (Å²) in [4.78, 5) is 0. The molecule has 0 spiro atoms. The van der Waals surface area contributed by atoms with E-state index in [0.717, 1.165) is 33.0 Å². The van der Waals surface area contributed by atoms with Crippen LogP contribution >= 0.6 is 11.3 Å². The van der Waals surface area contributed by atoms with Crippen LogP contribution in [0.2, 0.25) is 0 Å². The average Bonchev–Trinajstić information content (AvgIpc) is 3.22. The van der Waals surface area contributed by atoms with Crippen LogP contribution in [0.3, 0.4) is 0 Å². The third-order valence-corrected chi connectivity index (χ3v) is 8.26. The number of hydrogen-bond acceptors (Lipinski definition) is 5. The SMILES string of the molecule is CCCCCCCCCCOc1cc2sc3cc(OCCCCCCCCCC)c(O)cc3c2cc1O. The fraction of sp³-hybridized carbons (Fsp3) is 0.625. The van der Waals surface area contributed by atoms with Crippen molar-refractivity contribution in [2.75, 3.05) is 13.2 Å². The maximum Gasteiger partial charge on any atom is 0.162 e. The van der Waals surface area contributed by atoms with E-state index in [0.29, 0.717) is 24.7 Å². The lowest BCUT2D eigenvalue weighted by Crippen LogP contribution is -1.97. The molecule has 0 saturated carbocycles. The first-order chi connectivity index (χ1) is 18.1. The quantitative estimate of drug-likeness (QED) is 0.143. The van der Waals surface area contributed by atoms with E-state index >= 15 is 0 Å². The van der Waals surface area contributed by atoms with E-state index < -0.39 is 0 Å². The largest absolute Gasteiger partial charge is 0.504 e. The number of hydrogen-bond donors (Lipinski definition) is 2. The van der Waals surface area contributed by atoms with E-state index in [1.807, 2.05) is 12.1 Å². The molecule has 0 unspecified atom stereocenters. The van der Waals surface area contributed by atoms with Gasteiger partial charge in [0.05, 0.1) is 13.2 Å². The van der Waals surface area contributed by atoms with Crippen molar-refractivity contribution in [3.05, 3.63) is 24.3 Å². The van der Waals surface area contributed by atoms with Gasteiger partial charge in [0, 0.05) is 32.3 Å². The summed E-state index contributed by atoms with van der Waals surface area (Å²) in [5.74, 6) is 1.39. The van der Waals surface area contributed by atoms with Gasteiger partial charge in [-0.25, -0.2) is 0 Å². The summed E-state index contributed by atoms with van der Waals surface area (Å²) in [6, 6.07) is 7.38. The highest BCUT2D eigenvalue weighted by atomic mass is 32.1. The fourth-order valence-electron chi connectivity index (χ4n) is 4.88. The Labute approximate surface area is 228 Å². The number of unbranched alkanes of at least 4 members (excludes halogenated alkanes) is 14. The van der Waals surface area contributed by atoms with Crippen LogP contribution in [0.15, 0.2) is 24.3 Å². The Balaban J connectivity index is 1.48. The number of rotatable bonds is 20. The molecule has 1 heterocycles. The molecule has 0 aliphatic heterocycles. The van der Waals surface area contributed by atoms with Crippen LogP contribution in [0.1, 0.15) is 117 Å². The van der Waals surface area contributed by atoms with E-state index in [2.05, 4.69) is 13.8 Å². The molecular weight excluding hydrogens is 480 g/mol. The first kappa shape index (κ1) is 29.4. The van der Waals surface area contributed by atoms with Crippen molar-refractivity contribution in [2.45, 2.75) is 117 Å². The van der Waals surface area contributed by atoms with E-state index in [4.69, 9.17) is 9.47 Å². The molecule has 1 aromatic heterocycles. The second-order valence-electron chi connectivity index (χ2n) is 10.4. The molecule has 0 radical (unpaired) electrons. The number of aromatic hydroxyl groups is 2. The molecule has 0 aliphatic rings. The molecule has 4 nitrogen and oxygen atoms in total. The second kappa shape index (κ2) is 16.7. The van der Waals surface area contributed by atoms with Gasteiger partial charge in [-0.15, -0.1) is 11.3 Å². The Morgan fingerprint density at radius 1 is 0.514 bits per heavy atom. The molecule has 0 fully saturated rings. The topological polar surface area (TPSA) is 58.9 Å². The van der Waals surface area contributed by atoms with E-state index in [1.165, 1.54) is 89.9 Å². The smallest absolute Gasteiger partial charge is 0.162 e. The maximum atomic E-state index is 10.6. The zero-order valence-corrected chi connectivity index (χ0v) is 24.0.